The molecule has 0 saturated carbocycles. The molecule has 0 aliphatic rings. The van der Waals surface area contributed by atoms with Crippen molar-refractivity contribution in [2.24, 2.45) is 0 Å². The molecule has 1 aromatic carbocycles. The quantitative estimate of drug-likeness (QED) is 0.801. The molecule has 96 valence electrons. The molecule has 0 unspecified atom stereocenters. The number of hydrogen-bond donors (Lipinski definition) is 0. The van der Waals surface area contributed by atoms with Gasteiger partial charge in [-0.15, -0.1) is 0 Å². The van der Waals surface area contributed by atoms with E-state index >= 15 is 0 Å². The summed E-state index contributed by atoms with van der Waals surface area (Å²) in [6, 6.07) is 7.43. The van der Waals surface area contributed by atoms with E-state index in [0.29, 0.717) is 0 Å². The molecule has 5 heteroatoms. The van der Waals surface area contributed by atoms with Gasteiger partial charge in [0.1, 0.15) is 0 Å². The Kier molecular flexibility index (Phi) is 3.15. The van der Waals surface area contributed by atoms with Crippen molar-refractivity contribution in [3.05, 3.63) is 52.8 Å². The highest BCUT2D eigenvalue weighted by atomic mass is 19.4. The molecule has 0 aliphatic heterocycles. The van der Waals surface area contributed by atoms with Crippen molar-refractivity contribution >= 4 is 0 Å². The lowest BCUT2D eigenvalue weighted by Gasteiger charge is -2.13. The number of nitrogens with zero attached hydrogens (tertiary/aromatic N) is 2. The normalized spacial score (nSPS) is 11.8. The summed E-state index contributed by atoms with van der Waals surface area (Å²) in [4.78, 5) is 0. The van der Waals surface area contributed by atoms with Crippen LogP contribution in [0.3, 0.4) is 0 Å². The second-order valence-corrected chi connectivity index (χ2v) is 4.24. The molecule has 0 fully saturated rings. The van der Waals surface area contributed by atoms with Crippen LogP contribution in [0.5, 0.6) is 0 Å². The van der Waals surface area contributed by atoms with Gasteiger partial charge >= 0.3 is 6.18 Å². The van der Waals surface area contributed by atoms with Gasteiger partial charge in [-0.25, -0.2) is 0 Å². The summed E-state index contributed by atoms with van der Waals surface area (Å²) in [5.74, 6) is 0. The van der Waals surface area contributed by atoms with Gasteiger partial charge in [-0.1, -0.05) is 18.2 Å². The number of hydrogen-bond acceptors (Lipinski definition) is 1. The Morgan fingerprint density at radius 3 is 2.39 bits per heavy atom. The Bertz CT molecular complexity index is 556. The van der Waals surface area contributed by atoms with Crippen LogP contribution in [0.1, 0.15) is 22.5 Å². The van der Waals surface area contributed by atoms with Crippen LogP contribution in [-0.2, 0) is 12.7 Å². The predicted octanol–water partition coefficient (Wildman–Crippen LogP) is 3.57. The lowest BCUT2D eigenvalue weighted by atomic mass is 10.1. The molecule has 0 saturated heterocycles. The highest BCUT2D eigenvalue weighted by Crippen LogP contribution is 2.32. The molecule has 0 amide bonds. The Morgan fingerprint density at radius 2 is 1.83 bits per heavy atom. The smallest absolute Gasteiger partial charge is 0.265 e. The van der Waals surface area contributed by atoms with Gasteiger partial charge in [0.05, 0.1) is 17.8 Å². The van der Waals surface area contributed by atoms with Crippen molar-refractivity contribution in [1.29, 1.82) is 0 Å². The summed E-state index contributed by atoms with van der Waals surface area (Å²) in [5.41, 5.74) is 1.29. The van der Waals surface area contributed by atoms with Gasteiger partial charge in [0.15, 0.2) is 0 Å². The number of halogens is 3. The SMILES string of the molecule is Cc1cc(C)n(Cc2ccccc2C(F)(F)F)n1. The number of aryl methyl sites for hydroxylation is 2. The minimum absolute atomic E-state index is 0.134. The van der Waals surface area contributed by atoms with Gasteiger partial charge in [-0.3, -0.25) is 4.68 Å². The third-order valence-corrected chi connectivity index (χ3v) is 2.75. The van der Waals surface area contributed by atoms with Crippen LogP contribution in [0.2, 0.25) is 0 Å². The molecule has 18 heavy (non-hydrogen) atoms. The van der Waals surface area contributed by atoms with Crippen molar-refractivity contribution in [3.63, 3.8) is 0 Å². The van der Waals surface area contributed by atoms with Gasteiger partial charge in [-0.2, -0.15) is 18.3 Å². The third-order valence-electron chi connectivity index (χ3n) is 2.75. The maximum atomic E-state index is 12.8. The highest BCUT2D eigenvalue weighted by molar-refractivity contribution is 5.30. The summed E-state index contributed by atoms with van der Waals surface area (Å²) in [6.07, 6.45) is -4.33. The second-order valence-electron chi connectivity index (χ2n) is 4.24. The minimum atomic E-state index is -4.33. The molecule has 0 N–H and O–H groups in total. The van der Waals surface area contributed by atoms with Crippen LogP contribution in [0.4, 0.5) is 13.2 Å². The number of benzene rings is 1. The number of alkyl halides is 3. The zero-order valence-corrected chi connectivity index (χ0v) is 10.1. The average molecular weight is 254 g/mol. The zero-order valence-electron chi connectivity index (χ0n) is 10.1. The van der Waals surface area contributed by atoms with Crippen LogP contribution in [-0.4, -0.2) is 9.78 Å². The maximum Gasteiger partial charge on any atom is 0.416 e. The molecule has 1 aromatic heterocycles. The van der Waals surface area contributed by atoms with E-state index in [-0.39, 0.29) is 12.1 Å². The molecular formula is C13H13F3N2. The van der Waals surface area contributed by atoms with E-state index in [2.05, 4.69) is 5.10 Å². The fraction of sp³-hybridized carbons (Fsp3) is 0.308. The molecule has 0 spiro atoms. The fourth-order valence-corrected chi connectivity index (χ4v) is 1.93. The van der Waals surface area contributed by atoms with Crippen LogP contribution in [0, 0.1) is 13.8 Å². The maximum absolute atomic E-state index is 12.8. The van der Waals surface area contributed by atoms with Gasteiger partial charge in [0.25, 0.3) is 0 Å². The van der Waals surface area contributed by atoms with Crippen molar-refractivity contribution in [2.75, 3.05) is 0 Å². The van der Waals surface area contributed by atoms with E-state index in [0.717, 1.165) is 17.5 Å². The molecule has 2 aromatic rings. The average Bonchev–Trinajstić information content (AvgIpc) is 2.57. The van der Waals surface area contributed by atoms with E-state index in [1.54, 1.807) is 10.7 Å². The minimum Gasteiger partial charge on any atom is -0.265 e. The Hall–Kier alpha value is -1.78. The molecule has 1 heterocycles. The van der Waals surface area contributed by atoms with Crippen molar-refractivity contribution in [2.45, 2.75) is 26.6 Å². The van der Waals surface area contributed by atoms with E-state index in [1.807, 2.05) is 19.9 Å². The Balaban J connectivity index is 2.38. The summed E-state index contributed by atoms with van der Waals surface area (Å²) in [5, 5.41) is 4.18. The predicted molar refractivity (Wildman–Crippen MR) is 62.2 cm³/mol. The first kappa shape index (κ1) is 12.7. The van der Waals surface area contributed by atoms with Gasteiger partial charge < -0.3 is 0 Å². The fourth-order valence-electron chi connectivity index (χ4n) is 1.93. The number of rotatable bonds is 2. The van der Waals surface area contributed by atoms with Crippen molar-refractivity contribution < 1.29 is 13.2 Å². The van der Waals surface area contributed by atoms with Crippen LogP contribution in [0.25, 0.3) is 0 Å². The van der Waals surface area contributed by atoms with Gasteiger partial charge in [-0.05, 0) is 31.5 Å². The Morgan fingerprint density at radius 1 is 1.17 bits per heavy atom. The molecule has 2 nitrogen and oxygen atoms in total. The summed E-state index contributed by atoms with van der Waals surface area (Å²) < 4.78 is 40.1. The lowest BCUT2D eigenvalue weighted by molar-refractivity contribution is -0.138. The van der Waals surface area contributed by atoms with E-state index in [1.165, 1.54) is 12.1 Å². The standard InChI is InChI=1S/C13H13F3N2/c1-9-7-10(2)18(17-9)8-11-5-3-4-6-12(11)13(14,15)16/h3-7H,8H2,1-2H3. The summed E-state index contributed by atoms with van der Waals surface area (Å²) >= 11 is 0. The van der Waals surface area contributed by atoms with Gasteiger partial charge in [0, 0.05) is 5.69 Å². The molecule has 0 radical (unpaired) electrons. The van der Waals surface area contributed by atoms with E-state index in [9.17, 15) is 13.2 Å². The number of aromatic nitrogens is 2. The first-order chi connectivity index (χ1) is 8.38. The molecular weight excluding hydrogens is 241 g/mol. The monoisotopic (exact) mass is 254 g/mol. The molecule has 0 bridgehead atoms. The Labute approximate surface area is 103 Å². The van der Waals surface area contributed by atoms with E-state index < -0.39 is 11.7 Å². The largest absolute Gasteiger partial charge is 0.416 e. The van der Waals surface area contributed by atoms with Crippen LogP contribution < -0.4 is 0 Å². The topological polar surface area (TPSA) is 17.8 Å². The summed E-state index contributed by atoms with van der Waals surface area (Å²) in [7, 11) is 0. The first-order valence-electron chi connectivity index (χ1n) is 5.54. The van der Waals surface area contributed by atoms with Crippen LogP contribution >= 0.6 is 0 Å². The summed E-state index contributed by atoms with van der Waals surface area (Å²) in [6.45, 7) is 3.78. The van der Waals surface area contributed by atoms with Crippen molar-refractivity contribution in [1.82, 2.24) is 9.78 Å². The van der Waals surface area contributed by atoms with Crippen molar-refractivity contribution in [3.8, 4) is 0 Å². The molecule has 0 atom stereocenters. The zero-order chi connectivity index (χ0) is 13.3. The molecule has 0 aliphatic carbocycles. The third kappa shape index (κ3) is 2.55. The highest BCUT2D eigenvalue weighted by Gasteiger charge is 2.32. The van der Waals surface area contributed by atoms with Gasteiger partial charge in [0.2, 0.25) is 0 Å². The lowest BCUT2D eigenvalue weighted by Crippen LogP contribution is -2.12. The van der Waals surface area contributed by atoms with Crippen LogP contribution in [0.15, 0.2) is 30.3 Å². The first-order valence-corrected chi connectivity index (χ1v) is 5.54. The molecule has 2 rings (SSSR count). The van der Waals surface area contributed by atoms with E-state index in [4.69, 9.17) is 0 Å². The second kappa shape index (κ2) is 4.48.